The molecule has 2 fully saturated rings. The largest absolute Gasteiger partial charge is 0.375 e. The molecule has 2 heterocycles. The molecule has 3 rings (SSSR count). The summed E-state index contributed by atoms with van der Waals surface area (Å²) < 4.78 is 7.47. The zero-order valence-electron chi connectivity index (χ0n) is 12.2. The van der Waals surface area contributed by atoms with E-state index in [0.29, 0.717) is 5.92 Å². The van der Waals surface area contributed by atoms with Gasteiger partial charge in [0.15, 0.2) is 0 Å². The van der Waals surface area contributed by atoms with Gasteiger partial charge in [0.2, 0.25) is 0 Å². The zero-order chi connectivity index (χ0) is 14.7. The van der Waals surface area contributed by atoms with Crippen LogP contribution in [-0.2, 0) is 4.74 Å². The summed E-state index contributed by atoms with van der Waals surface area (Å²) in [5, 5.41) is 0. The average molecular weight is 418 g/mol. The lowest BCUT2D eigenvalue weighted by Crippen LogP contribution is -2.46. The van der Waals surface area contributed by atoms with Gasteiger partial charge in [0.05, 0.1) is 5.60 Å². The van der Waals surface area contributed by atoms with Crippen LogP contribution in [0.4, 0.5) is 0 Å². The molecule has 0 amide bonds. The van der Waals surface area contributed by atoms with Crippen molar-refractivity contribution in [1.29, 1.82) is 0 Å². The molecule has 21 heavy (non-hydrogen) atoms. The average Bonchev–Trinajstić information content (AvgIpc) is 2.51. The highest BCUT2D eigenvalue weighted by Gasteiger charge is 2.41. The van der Waals surface area contributed by atoms with E-state index in [1.54, 1.807) is 0 Å². The number of hydrogen-bond acceptors (Lipinski definition) is 4. The second-order valence-corrected chi connectivity index (χ2v) is 8.56. The van der Waals surface area contributed by atoms with Gasteiger partial charge in [-0.05, 0) is 83.4 Å². The van der Waals surface area contributed by atoms with E-state index in [0.717, 1.165) is 19.4 Å². The minimum atomic E-state index is 0.118. The molecule has 2 saturated heterocycles. The minimum Gasteiger partial charge on any atom is -0.375 e. The smallest absolute Gasteiger partial charge is 0.0701 e. The number of benzene rings is 1. The maximum atomic E-state index is 6.20. The second-order valence-electron chi connectivity index (χ2n) is 6.09. The van der Waals surface area contributed by atoms with Crippen LogP contribution in [0.15, 0.2) is 24.3 Å². The van der Waals surface area contributed by atoms with Crippen LogP contribution in [-0.4, -0.2) is 23.7 Å². The van der Waals surface area contributed by atoms with Gasteiger partial charge in [0, 0.05) is 16.2 Å². The molecule has 2 atom stereocenters. The van der Waals surface area contributed by atoms with E-state index in [2.05, 4.69) is 64.0 Å². The van der Waals surface area contributed by atoms with E-state index in [1.165, 1.54) is 33.5 Å². The Morgan fingerprint density at radius 2 is 2.00 bits per heavy atom. The standard InChI is InChI=1S/C16H23IN2OS/c17-14-3-1-12(2-4-14)15(19-18)13-5-8-20-16(11-13)6-9-21-10-7-16/h1-4,13,15,19H,5-11,18H2. The van der Waals surface area contributed by atoms with Crippen LogP contribution in [0.3, 0.4) is 0 Å². The van der Waals surface area contributed by atoms with E-state index >= 15 is 0 Å². The first-order chi connectivity index (χ1) is 10.2. The Bertz CT molecular complexity index is 456. The number of halogens is 1. The number of thioether (sulfide) groups is 1. The highest BCUT2D eigenvalue weighted by Crippen LogP contribution is 2.43. The van der Waals surface area contributed by atoms with Crippen molar-refractivity contribution in [1.82, 2.24) is 5.43 Å². The van der Waals surface area contributed by atoms with Crippen LogP contribution >= 0.6 is 34.4 Å². The van der Waals surface area contributed by atoms with Gasteiger partial charge in [-0.25, -0.2) is 0 Å². The third kappa shape index (κ3) is 3.75. The molecule has 5 heteroatoms. The van der Waals surface area contributed by atoms with Crippen LogP contribution in [0.1, 0.15) is 37.3 Å². The maximum absolute atomic E-state index is 6.20. The lowest BCUT2D eigenvalue weighted by Gasteiger charge is -2.45. The fraction of sp³-hybridized carbons (Fsp3) is 0.625. The third-order valence-corrected chi connectivity index (χ3v) is 6.52. The van der Waals surface area contributed by atoms with E-state index in [1.807, 2.05) is 0 Å². The summed E-state index contributed by atoms with van der Waals surface area (Å²) in [6.45, 7) is 0.873. The first kappa shape index (κ1) is 16.1. The molecule has 3 nitrogen and oxygen atoms in total. The molecule has 116 valence electrons. The van der Waals surface area contributed by atoms with E-state index in [-0.39, 0.29) is 11.6 Å². The third-order valence-electron chi connectivity index (χ3n) is 4.82. The summed E-state index contributed by atoms with van der Waals surface area (Å²) in [4.78, 5) is 0. The Morgan fingerprint density at radius 3 is 2.67 bits per heavy atom. The van der Waals surface area contributed by atoms with Crippen molar-refractivity contribution in [3.05, 3.63) is 33.4 Å². The predicted molar refractivity (Wildman–Crippen MR) is 97.2 cm³/mol. The van der Waals surface area contributed by atoms with Crippen molar-refractivity contribution in [2.45, 2.75) is 37.3 Å². The van der Waals surface area contributed by atoms with Gasteiger partial charge >= 0.3 is 0 Å². The quantitative estimate of drug-likeness (QED) is 0.448. The molecule has 3 N–H and O–H groups in total. The van der Waals surface area contributed by atoms with Crippen molar-refractivity contribution in [2.24, 2.45) is 11.8 Å². The molecule has 0 saturated carbocycles. The normalized spacial score (nSPS) is 26.7. The first-order valence-electron chi connectivity index (χ1n) is 7.66. The van der Waals surface area contributed by atoms with E-state index in [9.17, 15) is 0 Å². The monoisotopic (exact) mass is 418 g/mol. The second kappa shape index (κ2) is 7.17. The van der Waals surface area contributed by atoms with Gasteiger partial charge in [-0.2, -0.15) is 11.8 Å². The number of hydrazine groups is 1. The van der Waals surface area contributed by atoms with Gasteiger partial charge in [0.1, 0.15) is 0 Å². The summed E-state index contributed by atoms with van der Waals surface area (Å²) in [5.41, 5.74) is 4.48. The number of ether oxygens (including phenoxy) is 1. The molecule has 0 aromatic heterocycles. The first-order valence-corrected chi connectivity index (χ1v) is 9.89. The molecule has 0 bridgehead atoms. The molecule has 1 aromatic rings. The highest BCUT2D eigenvalue weighted by molar-refractivity contribution is 14.1. The van der Waals surface area contributed by atoms with Gasteiger partial charge in [-0.15, -0.1) is 0 Å². The van der Waals surface area contributed by atoms with E-state index < -0.39 is 0 Å². The minimum absolute atomic E-state index is 0.118. The SMILES string of the molecule is NNC(c1ccc(I)cc1)C1CCOC2(CCSCC2)C1. The van der Waals surface area contributed by atoms with Crippen molar-refractivity contribution in [3.63, 3.8) is 0 Å². The van der Waals surface area contributed by atoms with Crippen molar-refractivity contribution in [3.8, 4) is 0 Å². The molecule has 1 aromatic carbocycles. The predicted octanol–water partition coefficient (Wildman–Crippen LogP) is 3.49. The van der Waals surface area contributed by atoms with Crippen molar-refractivity contribution in [2.75, 3.05) is 18.1 Å². The van der Waals surface area contributed by atoms with Crippen LogP contribution in [0.25, 0.3) is 0 Å². The summed E-state index contributed by atoms with van der Waals surface area (Å²) >= 11 is 4.40. The molecular weight excluding hydrogens is 395 g/mol. The van der Waals surface area contributed by atoms with Crippen LogP contribution in [0.5, 0.6) is 0 Å². The molecule has 0 radical (unpaired) electrons. The molecule has 0 aliphatic carbocycles. The van der Waals surface area contributed by atoms with Gasteiger partial charge in [0.25, 0.3) is 0 Å². The number of nitrogens with one attached hydrogen (secondary N) is 1. The number of hydrogen-bond donors (Lipinski definition) is 2. The van der Waals surface area contributed by atoms with Crippen LogP contribution in [0.2, 0.25) is 0 Å². The number of rotatable bonds is 3. The Labute approximate surface area is 144 Å². The lowest BCUT2D eigenvalue weighted by molar-refractivity contribution is -0.107. The Kier molecular flexibility index (Phi) is 5.48. The van der Waals surface area contributed by atoms with Crippen molar-refractivity contribution >= 4 is 34.4 Å². The molecular formula is C16H23IN2OS. The summed E-state index contributed by atoms with van der Waals surface area (Å²) in [6, 6.07) is 8.95. The fourth-order valence-electron chi connectivity index (χ4n) is 3.62. The molecule has 2 aliphatic rings. The highest BCUT2D eigenvalue weighted by atomic mass is 127. The Morgan fingerprint density at radius 1 is 1.29 bits per heavy atom. The topological polar surface area (TPSA) is 47.3 Å². The van der Waals surface area contributed by atoms with Gasteiger partial charge < -0.3 is 4.74 Å². The summed E-state index contributed by atoms with van der Waals surface area (Å²) in [7, 11) is 0. The Hall–Kier alpha value is 0.180. The maximum Gasteiger partial charge on any atom is 0.0701 e. The Balaban J connectivity index is 1.75. The van der Waals surface area contributed by atoms with Gasteiger partial charge in [-0.1, -0.05) is 12.1 Å². The van der Waals surface area contributed by atoms with E-state index in [4.69, 9.17) is 10.6 Å². The van der Waals surface area contributed by atoms with Gasteiger partial charge in [-0.3, -0.25) is 11.3 Å². The molecule has 2 aliphatic heterocycles. The van der Waals surface area contributed by atoms with Crippen LogP contribution < -0.4 is 11.3 Å². The van der Waals surface area contributed by atoms with Crippen LogP contribution in [0, 0.1) is 9.49 Å². The lowest BCUT2D eigenvalue weighted by atomic mass is 9.77. The molecule has 2 unspecified atom stereocenters. The zero-order valence-corrected chi connectivity index (χ0v) is 15.2. The summed E-state index contributed by atoms with van der Waals surface area (Å²) in [5.74, 6) is 8.92. The number of nitrogens with two attached hydrogens (primary N) is 1. The fourth-order valence-corrected chi connectivity index (χ4v) is 5.21. The molecule has 1 spiro atoms. The van der Waals surface area contributed by atoms with Crippen molar-refractivity contribution < 1.29 is 4.74 Å². The summed E-state index contributed by atoms with van der Waals surface area (Å²) in [6.07, 6.45) is 4.61.